The summed E-state index contributed by atoms with van der Waals surface area (Å²) in [5.41, 5.74) is 2.28. The zero-order valence-electron chi connectivity index (χ0n) is 11.8. The molecule has 4 heteroatoms. The molecule has 104 valence electrons. The number of carbonyl (C=O) groups excluding carboxylic acids is 1. The van der Waals surface area contributed by atoms with Crippen LogP contribution in [0, 0.1) is 0 Å². The summed E-state index contributed by atoms with van der Waals surface area (Å²) in [5, 5.41) is 3.09. The highest BCUT2D eigenvalue weighted by molar-refractivity contribution is 5.80. The van der Waals surface area contributed by atoms with Crippen LogP contribution in [0.5, 0.6) is 0 Å². The molecule has 20 heavy (non-hydrogen) atoms. The van der Waals surface area contributed by atoms with E-state index in [0.717, 1.165) is 11.3 Å². The Labute approximate surface area is 118 Å². The summed E-state index contributed by atoms with van der Waals surface area (Å²) in [6.45, 7) is 4.26. The molecular formula is C16H19N3O. The number of amides is 1. The van der Waals surface area contributed by atoms with E-state index in [4.69, 9.17) is 0 Å². The zero-order chi connectivity index (χ0) is 14.1. The quantitative estimate of drug-likeness (QED) is 0.931. The van der Waals surface area contributed by atoms with Crippen molar-refractivity contribution in [1.82, 2.24) is 14.9 Å². The number of aromatic nitrogens is 2. The van der Waals surface area contributed by atoms with Gasteiger partial charge in [-0.15, -0.1) is 0 Å². The Hall–Kier alpha value is -2.10. The number of nitrogens with zero attached hydrogens (tertiary/aromatic N) is 2. The average Bonchev–Trinajstić information content (AvgIpc) is 3.05. The minimum atomic E-state index is 0.0397. The van der Waals surface area contributed by atoms with Crippen LogP contribution in [0.4, 0.5) is 0 Å². The van der Waals surface area contributed by atoms with E-state index in [0.29, 0.717) is 12.5 Å². The smallest absolute Gasteiger partial charge is 0.221 e. The molecule has 1 saturated heterocycles. The Morgan fingerprint density at radius 1 is 1.30 bits per heavy atom. The van der Waals surface area contributed by atoms with Crippen molar-refractivity contribution in [1.29, 1.82) is 0 Å². The Morgan fingerprint density at radius 2 is 2.05 bits per heavy atom. The SMILES string of the molecule is CC(C)n1cncc1C1CC(=O)NC1c1ccccc1. The molecule has 1 amide bonds. The number of nitrogens with one attached hydrogen (secondary N) is 1. The molecule has 0 radical (unpaired) electrons. The Bertz CT molecular complexity index is 603. The highest BCUT2D eigenvalue weighted by Crippen LogP contribution is 2.38. The van der Waals surface area contributed by atoms with Gasteiger partial charge in [-0.2, -0.15) is 0 Å². The number of hydrogen-bond acceptors (Lipinski definition) is 2. The number of rotatable bonds is 3. The third-order valence-electron chi connectivity index (χ3n) is 3.92. The lowest BCUT2D eigenvalue weighted by Crippen LogP contribution is -2.21. The van der Waals surface area contributed by atoms with Crippen molar-refractivity contribution in [2.75, 3.05) is 0 Å². The lowest BCUT2D eigenvalue weighted by atomic mass is 9.91. The lowest BCUT2D eigenvalue weighted by molar-refractivity contribution is -0.119. The molecule has 3 rings (SSSR count). The van der Waals surface area contributed by atoms with Crippen LogP contribution < -0.4 is 5.32 Å². The van der Waals surface area contributed by atoms with Crippen LogP contribution in [-0.4, -0.2) is 15.5 Å². The van der Waals surface area contributed by atoms with Gasteiger partial charge in [-0.3, -0.25) is 4.79 Å². The van der Waals surface area contributed by atoms with Gasteiger partial charge in [-0.1, -0.05) is 30.3 Å². The summed E-state index contributed by atoms with van der Waals surface area (Å²) in [6, 6.07) is 10.5. The average molecular weight is 269 g/mol. The molecule has 0 bridgehead atoms. The highest BCUT2D eigenvalue weighted by atomic mass is 16.2. The van der Waals surface area contributed by atoms with E-state index >= 15 is 0 Å². The van der Waals surface area contributed by atoms with Crippen molar-refractivity contribution in [3.8, 4) is 0 Å². The lowest BCUT2D eigenvalue weighted by Gasteiger charge is -2.22. The molecule has 0 saturated carbocycles. The van der Waals surface area contributed by atoms with Gasteiger partial charge in [0.15, 0.2) is 0 Å². The van der Waals surface area contributed by atoms with Crippen molar-refractivity contribution in [2.45, 2.75) is 38.3 Å². The normalized spacial score (nSPS) is 22.2. The molecule has 1 aliphatic rings. The summed E-state index contributed by atoms with van der Waals surface area (Å²) >= 11 is 0. The predicted molar refractivity (Wildman–Crippen MR) is 77.3 cm³/mol. The van der Waals surface area contributed by atoms with Crippen molar-refractivity contribution >= 4 is 5.91 Å². The standard InChI is InChI=1S/C16H19N3O/c1-11(2)19-10-17-9-14(19)13-8-15(20)18-16(13)12-6-4-3-5-7-12/h3-7,9-11,13,16H,8H2,1-2H3,(H,18,20). The van der Waals surface area contributed by atoms with Gasteiger partial charge in [-0.25, -0.2) is 4.98 Å². The van der Waals surface area contributed by atoms with Gasteiger partial charge in [0.1, 0.15) is 0 Å². The molecule has 2 aromatic rings. The Kier molecular flexibility index (Phi) is 3.30. The van der Waals surface area contributed by atoms with Crippen molar-refractivity contribution in [3.05, 3.63) is 54.1 Å². The largest absolute Gasteiger partial charge is 0.349 e. The molecule has 2 heterocycles. The van der Waals surface area contributed by atoms with Gasteiger partial charge in [-0.05, 0) is 19.4 Å². The molecule has 1 fully saturated rings. The van der Waals surface area contributed by atoms with E-state index in [1.807, 2.05) is 30.7 Å². The van der Waals surface area contributed by atoms with Crippen LogP contribution in [-0.2, 0) is 4.79 Å². The van der Waals surface area contributed by atoms with Crippen LogP contribution in [0.2, 0.25) is 0 Å². The second kappa shape index (κ2) is 5.12. The first kappa shape index (κ1) is 12.9. The summed E-state index contributed by atoms with van der Waals surface area (Å²) in [4.78, 5) is 16.1. The molecular weight excluding hydrogens is 250 g/mol. The second-order valence-electron chi connectivity index (χ2n) is 5.59. The van der Waals surface area contributed by atoms with Gasteiger partial charge < -0.3 is 9.88 Å². The van der Waals surface area contributed by atoms with Crippen LogP contribution in [0.15, 0.2) is 42.9 Å². The number of hydrogen-bond donors (Lipinski definition) is 1. The van der Waals surface area contributed by atoms with Crippen molar-refractivity contribution < 1.29 is 4.79 Å². The summed E-state index contributed by atoms with van der Waals surface area (Å²) < 4.78 is 2.15. The van der Waals surface area contributed by atoms with Crippen LogP contribution in [0.25, 0.3) is 0 Å². The van der Waals surface area contributed by atoms with E-state index in [9.17, 15) is 4.79 Å². The summed E-state index contributed by atoms with van der Waals surface area (Å²) in [6.07, 6.45) is 4.27. The van der Waals surface area contributed by atoms with Crippen molar-refractivity contribution in [2.24, 2.45) is 0 Å². The molecule has 4 nitrogen and oxygen atoms in total. The minimum Gasteiger partial charge on any atom is -0.349 e. The number of benzene rings is 1. The first-order chi connectivity index (χ1) is 9.66. The topological polar surface area (TPSA) is 46.9 Å². The summed E-state index contributed by atoms with van der Waals surface area (Å²) in [7, 11) is 0. The first-order valence-corrected chi connectivity index (χ1v) is 7.03. The Morgan fingerprint density at radius 3 is 2.75 bits per heavy atom. The van der Waals surface area contributed by atoms with Gasteiger partial charge in [0.05, 0.1) is 12.4 Å². The number of imidazole rings is 1. The first-order valence-electron chi connectivity index (χ1n) is 7.03. The Balaban J connectivity index is 1.98. The van der Waals surface area contributed by atoms with E-state index in [1.165, 1.54) is 0 Å². The molecule has 1 N–H and O–H groups in total. The van der Waals surface area contributed by atoms with Crippen LogP contribution in [0.1, 0.15) is 49.5 Å². The van der Waals surface area contributed by atoms with Crippen LogP contribution in [0.3, 0.4) is 0 Å². The van der Waals surface area contributed by atoms with E-state index in [2.05, 4.69) is 40.8 Å². The van der Waals surface area contributed by atoms with Crippen molar-refractivity contribution in [3.63, 3.8) is 0 Å². The van der Waals surface area contributed by atoms with Gasteiger partial charge >= 0.3 is 0 Å². The fraction of sp³-hybridized carbons (Fsp3) is 0.375. The van der Waals surface area contributed by atoms with Gasteiger partial charge in [0, 0.05) is 30.3 Å². The van der Waals surface area contributed by atoms with E-state index in [1.54, 1.807) is 0 Å². The molecule has 2 unspecified atom stereocenters. The van der Waals surface area contributed by atoms with E-state index in [-0.39, 0.29) is 17.9 Å². The highest BCUT2D eigenvalue weighted by Gasteiger charge is 2.36. The molecule has 1 aromatic carbocycles. The molecule has 0 spiro atoms. The fourth-order valence-corrected chi connectivity index (χ4v) is 2.94. The maximum atomic E-state index is 11.9. The van der Waals surface area contributed by atoms with E-state index < -0.39 is 0 Å². The monoisotopic (exact) mass is 269 g/mol. The minimum absolute atomic E-state index is 0.0397. The third kappa shape index (κ3) is 2.22. The predicted octanol–water partition coefficient (Wildman–Crippen LogP) is 2.81. The zero-order valence-corrected chi connectivity index (χ0v) is 11.8. The van der Waals surface area contributed by atoms with Gasteiger partial charge in [0.25, 0.3) is 0 Å². The number of carbonyl (C=O) groups is 1. The van der Waals surface area contributed by atoms with Gasteiger partial charge in [0.2, 0.25) is 5.91 Å². The maximum absolute atomic E-state index is 11.9. The molecule has 1 aliphatic heterocycles. The molecule has 2 atom stereocenters. The fourth-order valence-electron chi connectivity index (χ4n) is 2.94. The third-order valence-corrected chi connectivity index (χ3v) is 3.92. The molecule has 0 aliphatic carbocycles. The summed E-state index contributed by atoms with van der Waals surface area (Å²) in [5.74, 6) is 0.259. The molecule has 1 aromatic heterocycles. The van der Waals surface area contributed by atoms with Crippen LogP contribution >= 0.6 is 0 Å². The maximum Gasteiger partial charge on any atom is 0.221 e. The second-order valence-corrected chi connectivity index (χ2v) is 5.59.